The number of nitrogens with two attached hydrogens (primary N) is 1. The first-order chi connectivity index (χ1) is 14.2. The molecular formula is C20H24ClN5O4. The molecule has 160 valence electrons. The summed E-state index contributed by atoms with van der Waals surface area (Å²) < 4.78 is 15.9. The van der Waals surface area contributed by atoms with Gasteiger partial charge in [-0.05, 0) is 21.9 Å². The highest BCUT2D eigenvalue weighted by Crippen LogP contribution is 2.31. The summed E-state index contributed by atoms with van der Waals surface area (Å²) in [5, 5.41) is 12.8. The molecule has 3 aromatic rings. The molecule has 2 aromatic carbocycles. The number of nitrogens with one attached hydrogen (secondary N) is 2. The number of halogens is 1. The molecular weight excluding hydrogens is 410 g/mol. The Balaban J connectivity index is 0.00000320. The lowest BCUT2D eigenvalue weighted by Crippen LogP contribution is -2.32. The van der Waals surface area contributed by atoms with Gasteiger partial charge in [-0.25, -0.2) is 4.63 Å². The molecule has 1 amide bonds. The summed E-state index contributed by atoms with van der Waals surface area (Å²) in [5.41, 5.74) is 7.50. The van der Waals surface area contributed by atoms with Crippen LogP contribution in [-0.2, 0) is 13.2 Å². The maximum absolute atomic E-state index is 11.9. The number of para-hydroxylation sites is 1. The normalized spacial score (nSPS) is 10.2. The van der Waals surface area contributed by atoms with Gasteiger partial charge >= 0.3 is 0 Å². The third kappa shape index (κ3) is 6.10. The van der Waals surface area contributed by atoms with Crippen molar-refractivity contribution >= 4 is 24.1 Å². The number of aromatic nitrogens is 2. The number of hydrogen-bond donors (Lipinski definition) is 3. The molecule has 0 aliphatic carbocycles. The minimum Gasteiger partial charge on any atom is -0.493 e. The van der Waals surface area contributed by atoms with Crippen molar-refractivity contribution in [2.45, 2.75) is 13.2 Å². The van der Waals surface area contributed by atoms with E-state index in [0.717, 1.165) is 11.1 Å². The molecule has 30 heavy (non-hydrogen) atoms. The number of carbonyl (C=O) groups is 1. The third-order valence-corrected chi connectivity index (χ3v) is 4.14. The van der Waals surface area contributed by atoms with Gasteiger partial charge in [0.2, 0.25) is 11.5 Å². The molecule has 0 radical (unpaired) electrons. The fourth-order valence-electron chi connectivity index (χ4n) is 2.68. The fourth-order valence-corrected chi connectivity index (χ4v) is 2.68. The van der Waals surface area contributed by atoms with Crippen LogP contribution in [0.5, 0.6) is 11.5 Å². The van der Waals surface area contributed by atoms with Crippen LogP contribution in [-0.4, -0.2) is 36.4 Å². The van der Waals surface area contributed by atoms with Crippen LogP contribution in [0.1, 0.15) is 21.6 Å². The largest absolute Gasteiger partial charge is 0.493 e. The van der Waals surface area contributed by atoms with Gasteiger partial charge in [0.1, 0.15) is 6.61 Å². The number of hydrogen-bond acceptors (Lipinski definition) is 8. The molecule has 1 aromatic heterocycles. The molecule has 0 aliphatic heterocycles. The summed E-state index contributed by atoms with van der Waals surface area (Å²) in [6.07, 6.45) is 0. The quantitative estimate of drug-likeness (QED) is 0.415. The second-order valence-electron chi connectivity index (χ2n) is 6.15. The van der Waals surface area contributed by atoms with E-state index in [1.165, 1.54) is 0 Å². The van der Waals surface area contributed by atoms with E-state index in [2.05, 4.69) is 25.6 Å². The number of benzene rings is 2. The highest BCUT2D eigenvalue weighted by molar-refractivity contribution is 5.95. The number of nitrogens with zero attached hydrogens (tertiary/aromatic N) is 2. The zero-order valence-corrected chi connectivity index (χ0v) is 17.3. The van der Waals surface area contributed by atoms with Crippen molar-refractivity contribution in [3.8, 4) is 11.5 Å². The van der Waals surface area contributed by atoms with Crippen molar-refractivity contribution in [2.75, 3.05) is 25.9 Å². The second-order valence-corrected chi connectivity index (χ2v) is 6.15. The predicted octanol–water partition coefficient (Wildman–Crippen LogP) is 2.18. The number of amides is 1. The molecule has 0 unspecified atom stereocenters. The van der Waals surface area contributed by atoms with Crippen LogP contribution in [0.2, 0.25) is 0 Å². The maximum atomic E-state index is 11.9. The summed E-state index contributed by atoms with van der Waals surface area (Å²) in [5.74, 6) is 0.894. The number of methoxy groups -OCH3 is 1. The second kappa shape index (κ2) is 11.6. The summed E-state index contributed by atoms with van der Waals surface area (Å²) in [6, 6.07) is 15.7. The SMILES string of the molecule is COc1cccc(CNCCNC(=O)c2nonc2N)c1OCc1ccccc1.Cl. The molecule has 0 fully saturated rings. The number of carbonyl (C=O) groups excluding carboxylic acids is 1. The molecule has 0 spiro atoms. The Hall–Kier alpha value is -3.30. The number of ether oxygens (including phenoxy) is 2. The van der Waals surface area contributed by atoms with E-state index < -0.39 is 5.91 Å². The van der Waals surface area contributed by atoms with Crippen LogP contribution in [0.4, 0.5) is 5.82 Å². The molecule has 0 bridgehead atoms. The minimum atomic E-state index is -0.432. The van der Waals surface area contributed by atoms with E-state index in [1.807, 2.05) is 48.5 Å². The molecule has 0 aliphatic rings. The number of nitrogen functional groups attached to an aromatic ring is 1. The molecule has 9 nitrogen and oxygen atoms in total. The molecule has 0 saturated heterocycles. The molecule has 10 heteroatoms. The van der Waals surface area contributed by atoms with Crippen molar-refractivity contribution in [1.82, 2.24) is 20.9 Å². The van der Waals surface area contributed by atoms with Crippen molar-refractivity contribution < 1.29 is 18.9 Å². The molecule has 4 N–H and O–H groups in total. The number of rotatable bonds is 10. The molecule has 0 saturated carbocycles. The van der Waals surface area contributed by atoms with Crippen molar-refractivity contribution in [3.63, 3.8) is 0 Å². The topological polar surface area (TPSA) is 125 Å². The molecule has 0 atom stereocenters. The highest BCUT2D eigenvalue weighted by Gasteiger charge is 2.15. The van der Waals surface area contributed by atoms with E-state index in [4.69, 9.17) is 15.2 Å². The van der Waals surface area contributed by atoms with E-state index in [-0.39, 0.29) is 23.9 Å². The van der Waals surface area contributed by atoms with Gasteiger partial charge in [-0.3, -0.25) is 4.79 Å². The van der Waals surface area contributed by atoms with Gasteiger partial charge in [-0.15, -0.1) is 12.4 Å². The smallest absolute Gasteiger partial charge is 0.277 e. The van der Waals surface area contributed by atoms with Gasteiger partial charge in [0.15, 0.2) is 11.5 Å². The Morgan fingerprint density at radius 3 is 2.60 bits per heavy atom. The first-order valence-electron chi connectivity index (χ1n) is 9.08. The van der Waals surface area contributed by atoms with Gasteiger partial charge in [0, 0.05) is 25.2 Å². The zero-order chi connectivity index (χ0) is 20.5. The van der Waals surface area contributed by atoms with Crippen molar-refractivity contribution in [2.24, 2.45) is 0 Å². The lowest BCUT2D eigenvalue weighted by molar-refractivity contribution is 0.0944. The first-order valence-corrected chi connectivity index (χ1v) is 9.08. The monoisotopic (exact) mass is 433 g/mol. The lowest BCUT2D eigenvalue weighted by Gasteiger charge is -2.16. The number of anilines is 1. The first kappa shape index (κ1) is 23.0. The maximum Gasteiger partial charge on any atom is 0.277 e. The molecule has 3 rings (SSSR count). The summed E-state index contributed by atoms with van der Waals surface area (Å²) in [6.45, 7) is 1.91. The average molecular weight is 434 g/mol. The Morgan fingerprint density at radius 2 is 1.90 bits per heavy atom. The molecule has 1 heterocycles. The summed E-state index contributed by atoms with van der Waals surface area (Å²) in [4.78, 5) is 11.9. The van der Waals surface area contributed by atoms with Gasteiger partial charge in [-0.1, -0.05) is 42.5 Å². The van der Waals surface area contributed by atoms with Gasteiger partial charge in [0.05, 0.1) is 7.11 Å². The Kier molecular flexibility index (Phi) is 8.92. The lowest BCUT2D eigenvalue weighted by atomic mass is 10.1. The van der Waals surface area contributed by atoms with Gasteiger partial charge < -0.3 is 25.8 Å². The minimum absolute atomic E-state index is 0. The summed E-state index contributed by atoms with van der Waals surface area (Å²) in [7, 11) is 1.61. The van der Waals surface area contributed by atoms with Crippen LogP contribution < -0.4 is 25.8 Å². The zero-order valence-electron chi connectivity index (χ0n) is 16.5. The van der Waals surface area contributed by atoms with E-state index >= 15 is 0 Å². The van der Waals surface area contributed by atoms with Crippen LogP contribution in [0.15, 0.2) is 53.2 Å². The van der Waals surface area contributed by atoms with Crippen LogP contribution in [0.25, 0.3) is 0 Å². The third-order valence-electron chi connectivity index (χ3n) is 4.14. The highest BCUT2D eigenvalue weighted by atomic mass is 35.5. The summed E-state index contributed by atoms with van der Waals surface area (Å²) >= 11 is 0. The van der Waals surface area contributed by atoms with E-state index in [0.29, 0.717) is 37.7 Å². The Morgan fingerprint density at radius 1 is 1.10 bits per heavy atom. The Bertz CT molecular complexity index is 936. The van der Waals surface area contributed by atoms with Gasteiger partial charge in [-0.2, -0.15) is 0 Å². The predicted molar refractivity (Wildman–Crippen MR) is 114 cm³/mol. The standard InChI is InChI=1S/C20H23N5O4.ClH/c1-27-16-9-5-8-15(18(16)28-13-14-6-3-2-4-7-14)12-22-10-11-23-20(26)17-19(21)25-29-24-17;/h2-9,22H,10-13H2,1H3,(H2,21,25)(H,23,26);1H. The van der Waals surface area contributed by atoms with Crippen molar-refractivity contribution in [3.05, 3.63) is 65.4 Å². The van der Waals surface area contributed by atoms with Crippen LogP contribution in [0.3, 0.4) is 0 Å². The Labute approximate surface area is 180 Å². The van der Waals surface area contributed by atoms with Crippen molar-refractivity contribution in [1.29, 1.82) is 0 Å². The van der Waals surface area contributed by atoms with E-state index in [9.17, 15) is 4.79 Å². The van der Waals surface area contributed by atoms with Crippen LogP contribution >= 0.6 is 12.4 Å². The van der Waals surface area contributed by atoms with Crippen LogP contribution in [0, 0.1) is 0 Å². The average Bonchev–Trinajstić information content (AvgIpc) is 3.18. The van der Waals surface area contributed by atoms with Gasteiger partial charge in [0.25, 0.3) is 5.91 Å². The van der Waals surface area contributed by atoms with E-state index in [1.54, 1.807) is 7.11 Å². The fraction of sp³-hybridized carbons (Fsp3) is 0.250.